The first-order valence-corrected chi connectivity index (χ1v) is 9.54. The van der Waals surface area contributed by atoms with E-state index in [4.69, 9.17) is 0 Å². The van der Waals surface area contributed by atoms with E-state index in [0.717, 1.165) is 35.2 Å². The number of carbonyl (C=O) groups excluding carboxylic acids is 2. The molecule has 1 aliphatic carbocycles. The molecule has 142 valence electrons. The SMILES string of the molecule is CC#CC(=O)N(c1ccc2c(n1)C(=O)N(C)C2)c1cc(C)c(C)cc1C1CC1. The van der Waals surface area contributed by atoms with Crippen LogP contribution in [0.5, 0.6) is 0 Å². The van der Waals surface area contributed by atoms with Crippen molar-refractivity contribution < 1.29 is 9.59 Å². The number of carbonyl (C=O) groups is 2. The summed E-state index contributed by atoms with van der Waals surface area (Å²) in [5, 5.41) is 0. The largest absolute Gasteiger partial charge is 0.336 e. The van der Waals surface area contributed by atoms with Crippen molar-refractivity contribution in [2.24, 2.45) is 0 Å². The van der Waals surface area contributed by atoms with Gasteiger partial charge in [0.05, 0.1) is 5.69 Å². The number of pyridine rings is 1. The second-order valence-electron chi connectivity index (χ2n) is 7.62. The number of fused-ring (bicyclic) bond motifs is 1. The Morgan fingerprint density at radius 2 is 1.93 bits per heavy atom. The minimum atomic E-state index is -0.334. The summed E-state index contributed by atoms with van der Waals surface area (Å²) >= 11 is 0. The van der Waals surface area contributed by atoms with E-state index in [2.05, 4.69) is 29.8 Å². The zero-order chi connectivity index (χ0) is 20.0. The minimum absolute atomic E-state index is 0.117. The van der Waals surface area contributed by atoms with Gasteiger partial charge in [-0.1, -0.05) is 18.1 Å². The summed E-state index contributed by atoms with van der Waals surface area (Å²) in [6, 6.07) is 7.91. The molecule has 0 atom stereocenters. The summed E-state index contributed by atoms with van der Waals surface area (Å²) in [5.74, 6) is 5.81. The number of amides is 2. The predicted octanol–water partition coefficient (Wildman–Crippen LogP) is 3.85. The highest BCUT2D eigenvalue weighted by Crippen LogP contribution is 2.46. The van der Waals surface area contributed by atoms with Gasteiger partial charge in [-0.2, -0.15) is 0 Å². The number of rotatable bonds is 3. The number of anilines is 2. The minimum Gasteiger partial charge on any atom is -0.336 e. The maximum Gasteiger partial charge on any atom is 0.308 e. The highest BCUT2D eigenvalue weighted by atomic mass is 16.2. The summed E-state index contributed by atoms with van der Waals surface area (Å²) in [5.41, 5.74) is 5.59. The molecule has 4 rings (SSSR count). The Morgan fingerprint density at radius 3 is 2.61 bits per heavy atom. The third-order valence-electron chi connectivity index (χ3n) is 5.49. The van der Waals surface area contributed by atoms with Gasteiger partial charge in [0.25, 0.3) is 5.91 Å². The summed E-state index contributed by atoms with van der Waals surface area (Å²) in [7, 11) is 1.75. The third kappa shape index (κ3) is 3.05. The van der Waals surface area contributed by atoms with Gasteiger partial charge in [-0.05, 0) is 74.3 Å². The molecule has 0 spiro atoms. The number of nitrogens with zero attached hydrogens (tertiary/aromatic N) is 3. The van der Waals surface area contributed by atoms with Crippen LogP contribution >= 0.6 is 0 Å². The molecule has 1 aromatic heterocycles. The molecule has 2 amide bonds. The molecule has 0 saturated heterocycles. The van der Waals surface area contributed by atoms with Gasteiger partial charge in [-0.25, -0.2) is 4.98 Å². The first-order chi connectivity index (χ1) is 13.4. The molecule has 1 saturated carbocycles. The monoisotopic (exact) mass is 373 g/mol. The molecule has 1 aliphatic heterocycles. The van der Waals surface area contributed by atoms with Crippen LogP contribution in [-0.2, 0) is 11.3 Å². The van der Waals surface area contributed by atoms with Gasteiger partial charge in [0, 0.05) is 19.2 Å². The van der Waals surface area contributed by atoms with Gasteiger partial charge in [-0.3, -0.25) is 14.5 Å². The van der Waals surface area contributed by atoms with Crippen molar-refractivity contribution in [2.75, 3.05) is 11.9 Å². The van der Waals surface area contributed by atoms with Gasteiger partial charge in [0.15, 0.2) is 0 Å². The van der Waals surface area contributed by atoms with Gasteiger partial charge < -0.3 is 4.90 Å². The van der Waals surface area contributed by atoms with Crippen LogP contribution in [0.25, 0.3) is 0 Å². The molecule has 0 bridgehead atoms. The zero-order valence-corrected chi connectivity index (χ0v) is 16.7. The predicted molar refractivity (Wildman–Crippen MR) is 109 cm³/mol. The maximum atomic E-state index is 13.0. The molecule has 0 radical (unpaired) electrons. The standard InChI is InChI=1S/C23H23N3O2/c1-5-6-21(27)26(19-12-15(3)14(2)11-18(19)16-7-8-16)20-10-9-17-13-25(4)23(28)22(17)24-20/h9-12,16H,7-8,13H2,1-4H3. The van der Waals surface area contributed by atoms with E-state index in [1.165, 1.54) is 5.56 Å². The van der Waals surface area contributed by atoms with Crippen molar-refractivity contribution in [2.45, 2.75) is 46.1 Å². The Labute approximate surface area is 165 Å². The van der Waals surface area contributed by atoms with Gasteiger partial charge in [0.1, 0.15) is 11.5 Å². The van der Waals surface area contributed by atoms with Gasteiger partial charge in [0.2, 0.25) is 0 Å². The molecule has 2 aromatic rings. The number of aromatic nitrogens is 1. The summed E-state index contributed by atoms with van der Waals surface area (Å²) in [6.07, 6.45) is 2.25. The third-order valence-corrected chi connectivity index (χ3v) is 5.49. The summed E-state index contributed by atoms with van der Waals surface area (Å²) in [4.78, 5) is 33.2. The number of benzene rings is 1. The lowest BCUT2D eigenvalue weighted by atomic mass is 9.99. The van der Waals surface area contributed by atoms with Crippen molar-refractivity contribution >= 4 is 23.3 Å². The molecule has 1 aromatic carbocycles. The molecule has 0 N–H and O–H groups in total. The number of hydrogen-bond donors (Lipinski definition) is 0. The quantitative estimate of drug-likeness (QED) is 0.768. The van der Waals surface area contributed by atoms with Gasteiger partial charge >= 0.3 is 5.91 Å². The molecule has 5 nitrogen and oxygen atoms in total. The molecular weight excluding hydrogens is 350 g/mol. The fourth-order valence-electron chi connectivity index (χ4n) is 3.66. The fraction of sp³-hybridized carbons (Fsp3) is 0.348. The average Bonchev–Trinajstić information content (AvgIpc) is 3.46. The van der Waals surface area contributed by atoms with E-state index in [1.54, 1.807) is 23.8 Å². The van der Waals surface area contributed by atoms with E-state index >= 15 is 0 Å². The van der Waals surface area contributed by atoms with Crippen molar-refractivity contribution in [3.63, 3.8) is 0 Å². The number of hydrogen-bond acceptors (Lipinski definition) is 3. The van der Waals surface area contributed by atoms with Gasteiger partial charge in [-0.15, -0.1) is 0 Å². The summed E-state index contributed by atoms with van der Waals surface area (Å²) < 4.78 is 0. The van der Waals surface area contributed by atoms with Crippen LogP contribution in [0.4, 0.5) is 11.5 Å². The van der Waals surface area contributed by atoms with Crippen LogP contribution in [0, 0.1) is 25.7 Å². The fourth-order valence-corrected chi connectivity index (χ4v) is 3.66. The lowest BCUT2D eigenvalue weighted by Crippen LogP contribution is -2.27. The first-order valence-electron chi connectivity index (χ1n) is 9.54. The van der Waals surface area contributed by atoms with E-state index in [9.17, 15) is 9.59 Å². The highest BCUT2D eigenvalue weighted by molar-refractivity contribution is 6.11. The van der Waals surface area contributed by atoms with Crippen LogP contribution in [0.2, 0.25) is 0 Å². The van der Waals surface area contributed by atoms with Crippen LogP contribution < -0.4 is 4.90 Å². The van der Waals surface area contributed by atoms with Crippen molar-refractivity contribution in [1.82, 2.24) is 9.88 Å². The van der Waals surface area contributed by atoms with E-state index in [-0.39, 0.29) is 11.8 Å². The topological polar surface area (TPSA) is 53.5 Å². The highest BCUT2D eigenvalue weighted by Gasteiger charge is 2.32. The molecular formula is C23H23N3O2. The lowest BCUT2D eigenvalue weighted by Gasteiger charge is -2.24. The van der Waals surface area contributed by atoms with Crippen molar-refractivity contribution in [1.29, 1.82) is 0 Å². The molecule has 2 aliphatic rings. The number of aryl methyl sites for hydroxylation is 2. The molecule has 2 heterocycles. The second kappa shape index (κ2) is 6.79. The Morgan fingerprint density at radius 1 is 1.21 bits per heavy atom. The Bertz CT molecular complexity index is 1060. The van der Waals surface area contributed by atoms with Crippen LogP contribution in [-0.4, -0.2) is 28.7 Å². The Balaban J connectivity index is 1.89. The van der Waals surface area contributed by atoms with Crippen LogP contribution in [0.3, 0.4) is 0 Å². The maximum absolute atomic E-state index is 13.0. The van der Waals surface area contributed by atoms with Crippen LogP contribution in [0.15, 0.2) is 24.3 Å². The second-order valence-corrected chi connectivity index (χ2v) is 7.62. The Kier molecular flexibility index (Phi) is 4.43. The van der Waals surface area contributed by atoms with E-state index in [1.807, 2.05) is 25.1 Å². The average molecular weight is 373 g/mol. The normalized spacial score (nSPS) is 15.1. The van der Waals surface area contributed by atoms with E-state index < -0.39 is 0 Å². The summed E-state index contributed by atoms with van der Waals surface area (Å²) in [6.45, 7) is 6.32. The van der Waals surface area contributed by atoms with Crippen LogP contribution in [0.1, 0.15) is 58.4 Å². The lowest BCUT2D eigenvalue weighted by molar-refractivity contribution is -0.112. The molecule has 5 heteroatoms. The molecule has 0 unspecified atom stereocenters. The zero-order valence-electron chi connectivity index (χ0n) is 16.7. The van der Waals surface area contributed by atoms with E-state index in [0.29, 0.717) is 24.0 Å². The smallest absolute Gasteiger partial charge is 0.308 e. The molecule has 28 heavy (non-hydrogen) atoms. The Hall–Kier alpha value is -3.13. The van der Waals surface area contributed by atoms with Crippen molar-refractivity contribution in [3.05, 3.63) is 52.2 Å². The first kappa shape index (κ1) is 18.2. The molecule has 1 fully saturated rings. The van der Waals surface area contributed by atoms with Crippen molar-refractivity contribution in [3.8, 4) is 11.8 Å².